The number of ether oxygens (including phenoxy) is 1. The van der Waals surface area contributed by atoms with Crippen molar-refractivity contribution in [2.24, 2.45) is 0 Å². The molecule has 0 spiro atoms. The van der Waals surface area contributed by atoms with Crippen molar-refractivity contribution in [2.75, 3.05) is 24.7 Å². The van der Waals surface area contributed by atoms with E-state index in [-0.39, 0.29) is 0 Å². The highest BCUT2D eigenvalue weighted by Gasteiger charge is 2.23. The van der Waals surface area contributed by atoms with Crippen molar-refractivity contribution in [1.82, 2.24) is 0 Å². The molecule has 0 saturated carbocycles. The van der Waals surface area contributed by atoms with E-state index in [1.165, 1.54) is 0 Å². The smallest absolute Gasteiger partial charge is 0.152 e. The number of carbonyl (C=O) groups excluding carboxylic acids is 1. The molecule has 92 valence electrons. The van der Waals surface area contributed by atoms with E-state index in [0.29, 0.717) is 6.04 Å². The number of nitrogens with zero attached hydrogens (tertiary/aromatic N) is 1. The minimum atomic E-state index is 0.358. The molecule has 1 atom stereocenters. The van der Waals surface area contributed by atoms with E-state index < -0.39 is 0 Å². The average molecular weight is 298 g/mol. The normalized spacial score (nSPS) is 20.4. The summed E-state index contributed by atoms with van der Waals surface area (Å²) in [5, 5.41) is 0. The molecule has 1 aromatic rings. The van der Waals surface area contributed by atoms with E-state index in [9.17, 15) is 4.79 Å². The average Bonchev–Trinajstić information content (AvgIpc) is 2.38. The van der Waals surface area contributed by atoms with Crippen LogP contribution < -0.4 is 4.90 Å². The zero-order chi connectivity index (χ0) is 12.3. The van der Waals surface area contributed by atoms with Gasteiger partial charge in [0, 0.05) is 22.3 Å². The van der Waals surface area contributed by atoms with Crippen molar-refractivity contribution in [1.29, 1.82) is 0 Å². The molecule has 0 amide bonds. The zero-order valence-corrected chi connectivity index (χ0v) is 11.4. The van der Waals surface area contributed by atoms with E-state index in [2.05, 4.69) is 27.8 Å². The molecule has 0 N–H and O–H groups in total. The number of hydrogen-bond donors (Lipinski definition) is 0. The molecule has 1 unspecified atom stereocenters. The molecule has 1 fully saturated rings. The van der Waals surface area contributed by atoms with Gasteiger partial charge >= 0.3 is 0 Å². The van der Waals surface area contributed by atoms with Gasteiger partial charge in [-0.05, 0) is 24.6 Å². The molecule has 1 aromatic carbocycles. The predicted molar refractivity (Wildman–Crippen MR) is 71.8 cm³/mol. The van der Waals surface area contributed by atoms with E-state index in [4.69, 9.17) is 4.74 Å². The van der Waals surface area contributed by atoms with Gasteiger partial charge in [0.25, 0.3) is 0 Å². The fourth-order valence-corrected chi connectivity index (χ4v) is 2.52. The first kappa shape index (κ1) is 12.6. The molecule has 0 radical (unpaired) electrons. The molecule has 1 saturated heterocycles. The lowest BCUT2D eigenvalue weighted by atomic mass is 10.1. The summed E-state index contributed by atoms with van der Waals surface area (Å²) in [6.07, 6.45) is 1.94. The summed E-state index contributed by atoms with van der Waals surface area (Å²) in [6.45, 7) is 4.45. The zero-order valence-electron chi connectivity index (χ0n) is 9.86. The molecular weight excluding hydrogens is 282 g/mol. The van der Waals surface area contributed by atoms with Gasteiger partial charge in [0.05, 0.1) is 19.3 Å². The lowest BCUT2D eigenvalue weighted by Crippen LogP contribution is -2.45. The van der Waals surface area contributed by atoms with Crippen LogP contribution in [0.2, 0.25) is 0 Å². The number of carbonyl (C=O) groups is 1. The fraction of sp³-hybridized carbons (Fsp3) is 0.462. The highest BCUT2D eigenvalue weighted by molar-refractivity contribution is 9.10. The minimum absolute atomic E-state index is 0.358. The Balaban J connectivity index is 2.36. The van der Waals surface area contributed by atoms with E-state index in [1.54, 1.807) is 0 Å². The summed E-state index contributed by atoms with van der Waals surface area (Å²) in [7, 11) is 0. The van der Waals surface area contributed by atoms with Crippen LogP contribution in [0.3, 0.4) is 0 Å². The number of benzene rings is 1. The van der Waals surface area contributed by atoms with Crippen molar-refractivity contribution >= 4 is 27.9 Å². The van der Waals surface area contributed by atoms with Gasteiger partial charge in [-0.1, -0.05) is 22.9 Å². The lowest BCUT2D eigenvalue weighted by molar-refractivity contribution is 0.0927. The first-order valence-electron chi connectivity index (χ1n) is 5.85. The van der Waals surface area contributed by atoms with Gasteiger partial charge in [0.2, 0.25) is 0 Å². The van der Waals surface area contributed by atoms with E-state index in [0.717, 1.165) is 48.2 Å². The molecule has 0 bridgehead atoms. The second-order valence-electron chi connectivity index (χ2n) is 4.15. The maximum Gasteiger partial charge on any atom is 0.152 e. The number of aldehydes is 1. The largest absolute Gasteiger partial charge is 0.377 e. The Kier molecular flexibility index (Phi) is 4.18. The number of rotatable bonds is 3. The minimum Gasteiger partial charge on any atom is -0.377 e. The third kappa shape index (κ3) is 2.69. The van der Waals surface area contributed by atoms with Gasteiger partial charge < -0.3 is 9.64 Å². The van der Waals surface area contributed by atoms with Crippen molar-refractivity contribution in [3.8, 4) is 0 Å². The molecule has 2 rings (SSSR count). The molecule has 4 heteroatoms. The maximum atomic E-state index is 11.1. The van der Waals surface area contributed by atoms with Crippen LogP contribution in [0.4, 0.5) is 5.69 Å². The summed E-state index contributed by atoms with van der Waals surface area (Å²) in [5.74, 6) is 0. The SMILES string of the molecule is CCC1COCCN1c1cc(Br)ccc1C=O. The Morgan fingerprint density at radius 1 is 1.59 bits per heavy atom. The van der Waals surface area contributed by atoms with Gasteiger partial charge in [-0.2, -0.15) is 0 Å². The Hall–Kier alpha value is -0.870. The Morgan fingerprint density at radius 2 is 2.41 bits per heavy atom. The molecule has 1 heterocycles. The molecule has 17 heavy (non-hydrogen) atoms. The molecule has 0 aromatic heterocycles. The van der Waals surface area contributed by atoms with Crippen LogP contribution in [0.25, 0.3) is 0 Å². The monoisotopic (exact) mass is 297 g/mol. The molecule has 3 nitrogen and oxygen atoms in total. The Bertz CT molecular complexity index is 408. The maximum absolute atomic E-state index is 11.1. The van der Waals surface area contributed by atoms with Gasteiger partial charge in [-0.15, -0.1) is 0 Å². The van der Waals surface area contributed by atoms with Gasteiger partial charge in [-0.25, -0.2) is 0 Å². The van der Waals surface area contributed by atoms with Crippen molar-refractivity contribution in [3.05, 3.63) is 28.2 Å². The first-order chi connectivity index (χ1) is 8.26. The number of hydrogen-bond acceptors (Lipinski definition) is 3. The fourth-order valence-electron chi connectivity index (χ4n) is 2.18. The second kappa shape index (κ2) is 5.65. The van der Waals surface area contributed by atoms with Crippen LogP contribution in [-0.4, -0.2) is 32.1 Å². The number of anilines is 1. The van der Waals surface area contributed by atoms with Crippen molar-refractivity contribution < 1.29 is 9.53 Å². The quantitative estimate of drug-likeness (QED) is 0.804. The van der Waals surface area contributed by atoms with Crippen LogP contribution in [-0.2, 0) is 4.74 Å². The second-order valence-corrected chi connectivity index (χ2v) is 5.07. The number of morpholine rings is 1. The first-order valence-corrected chi connectivity index (χ1v) is 6.64. The molecular formula is C13H16BrNO2. The Morgan fingerprint density at radius 3 is 3.12 bits per heavy atom. The topological polar surface area (TPSA) is 29.5 Å². The number of halogens is 1. The van der Waals surface area contributed by atoms with Crippen molar-refractivity contribution in [2.45, 2.75) is 19.4 Å². The van der Waals surface area contributed by atoms with E-state index >= 15 is 0 Å². The summed E-state index contributed by atoms with van der Waals surface area (Å²) < 4.78 is 6.49. The molecule has 1 aliphatic rings. The van der Waals surface area contributed by atoms with Crippen LogP contribution in [0.5, 0.6) is 0 Å². The molecule has 0 aliphatic carbocycles. The van der Waals surface area contributed by atoms with Crippen LogP contribution in [0.15, 0.2) is 22.7 Å². The summed E-state index contributed by atoms with van der Waals surface area (Å²) in [6, 6.07) is 6.12. The van der Waals surface area contributed by atoms with Crippen LogP contribution in [0.1, 0.15) is 23.7 Å². The van der Waals surface area contributed by atoms with Crippen LogP contribution in [0, 0.1) is 0 Å². The van der Waals surface area contributed by atoms with Crippen LogP contribution >= 0.6 is 15.9 Å². The highest BCUT2D eigenvalue weighted by atomic mass is 79.9. The highest BCUT2D eigenvalue weighted by Crippen LogP contribution is 2.27. The summed E-state index contributed by atoms with van der Waals surface area (Å²) >= 11 is 3.46. The lowest BCUT2D eigenvalue weighted by Gasteiger charge is -2.37. The predicted octanol–water partition coefficient (Wildman–Crippen LogP) is 2.88. The third-order valence-electron chi connectivity index (χ3n) is 3.13. The van der Waals surface area contributed by atoms with Gasteiger partial charge in [-0.3, -0.25) is 4.79 Å². The summed E-state index contributed by atoms with van der Waals surface area (Å²) in [5.41, 5.74) is 1.75. The standard InChI is InChI=1S/C13H16BrNO2/c1-2-12-9-17-6-5-15(12)13-7-11(14)4-3-10(13)8-16/h3-4,7-8,12H,2,5-6,9H2,1H3. The summed E-state index contributed by atoms with van der Waals surface area (Å²) in [4.78, 5) is 13.4. The van der Waals surface area contributed by atoms with Crippen molar-refractivity contribution in [3.63, 3.8) is 0 Å². The van der Waals surface area contributed by atoms with Gasteiger partial charge in [0.15, 0.2) is 6.29 Å². The molecule has 1 aliphatic heterocycles. The van der Waals surface area contributed by atoms with E-state index in [1.807, 2.05) is 18.2 Å². The third-order valence-corrected chi connectivity index (χ3v) is 3.62. The Labute approximate surface area is 110 Å². The van der Waals surface area contributed by atoms with Gasteiger partial charge in [0.1, 0.15) is 0 Å².